The summed E-state index contributed by atoms with van der Waals surface area (Å²) in [5, 5.41) is 0. The first-order chi connectivity index (χ1) is 19.6. The molecule has 4 saturated carbocycles. The Labute approximate surface area is 253 Å². The van der Waals surface area contributed by atoms with Crippen molar-refractivity contribution in [2.24, 2.45) is 59.2 Å². The summed E-state index contributed by atoms with van der Waals surface area (Å²) >= 11 is 0. The highest BCUT2D eigenvalue weighted by molar-refractivity contribution is 5.13. The van der Waals surface area contributed by atoms with Crippen LogP contribution in [0.3, 0.4) is 0 Å². The summed E-state index contributed by atoms with van der Waals surface area (Å²) in [4.78, 5) is 0. The highest BCUT2D eigenvalue weighted by Crippen LogP contribution is 2.58. The smallest absolute Gasteiger partial charge is 0.0168 e. The lowest BCUT2D eigenvalue weighted by Crippen LogP contribution is -2.44. The van der Waals surface area contributed by atoms with Crippen LogP contribution in [0.5, 0.6) is 0 Å². The van der Waals surface area contributed by atoms with Crippen molar-refractivity contribution in [2.75, 3.05) is 0 Å². The van der Waals surface area contributed by atoms with E-state index in [1.54, 1.807) is 51.4 Å². The standard InChI is InChI=1S/C40H73/c1-6-9-19-32(30(4)7-2)26-17-27-35-28-18-29-37(39(35)34-20-11-10-12-21-34)40(36-24-15-16-25-36)38(31(5)8-3)33-22-13-14-23-33/h30-36,38-40H,6-29H2,1-5H3. The van der Waals surface area contributed by atoms with E-state index >= 15 is 0 Å². The average Bonchev–Trinajstić information content (AvgIpc) is 3.72. The average molecular weight is 554 g/mol. The zero-order valence-electron chi connectivity index (χ0n) is 28.2. The van der Waals surface area contributed by atoms with Crippen molar-refractivity contribution < 1.29 is 0 Å². The van der Waals surface area contributed by atoms with Crippen LogP contribution in [0.15, 0.2) is 0 Å². The first-order valence-electron chi connectivity index (χ1n) is 19.4. The maximum Gasteiger partial charge on any atom is -0.0168 e. The number of unbranched alkanes of at least 4 members (excludes halogenated alkanes) is 1. The van der Waals surface area contributed by atoms with Crippen LogP contribution in [-0.4, -0.2) is 0 Å². The van der Waals surface area contributed by atoms with Gasteiger partial charge in [-0.15, -0.1) is 0 Å². The summed E-state index contributed by atoms with van der Waals surface area (Å²) < 4.78 is 0. The molecule has 4 aliphatic carbocycles. The van der Waals surface area contributed by atoms with Crippen LogP contribution in [0.4, 0.5) is 0 Å². The Balaban J connectivity index is 1.57. The highest BCUT2D eigenvalue weighted by atomic mass is 14.5. The highest BCUT2D eigenvalue weighted by Gasteiger charge is 2.49. The van der Waals surface area contributed by atoms with Gasteiger partial charge in [0.1, 0.15) is 0 Å². The SMILES string of the molecule is CCCCC(CCCC1CCC[C](C(C2CCCC2)C(C(C)CC)C2CCCC2)C1C1CCCCC1)C(C)CC. The van der Waals surface area contributed by atoms with Gasteiger partial charge in [-0.05, 0) is 71.5 Å². The molecule has 0 heterocycles. The van der Waals surface area contributed by atoms with Gasteiger partial charge in [-0.1, -0.05) is 182 Å². The first kappa shape index (κ1) is 32.9. The van der Waals surface area contributed by atoms with Gasteiger partial charge >= 0.3 is 0 Å². The largest absolute Gasteiger partial charge is 0.0654 e. The Morgan fingerprint density at radius 1 is 0.625 bits per heavy atom. The molecule has 1 radical (unpaired) electrons. The van der Waals surface area contributed by atoms with E-state index in [4.69, 9.17) is 0 Å². The molecular weight excluding hydrogens is 480 g/mol. The van der Waals surface area contributed by atoms with Crippen LogP contribution < -0.4 is 0 Å². The van der Waals surface area contributed by atoms with E-state index in [9.17, 15) is 0 Å². The molecule has 0 N–H and O–H groups in total. The molecular formula is C40H73. The van der Waals surface area contributed by atoms with Gasteiger partial charge in [0.05, 0.1) is 0 Å². The molecule has 0 heteroatoms. The van der Waals surface area contributed by atoms with Crippen molar-refractivity contribution >= 4 is 0 Å². The van der Waals surface area contributed by atoms with Gasteiger partial charge in [-0.25, -0.2) is 0 Å². The van der Waals surface area contributed by atoms with E-state index in [0.717, 1.165) is 59.2 Å². The number of hydrogen-bond donors (Lipinski definition) is 0. The minimum atomic E-state index is 0.920. The minimum absolute atomic E-state index is 0.920. The maximum absolute atomic E-state index is 2.69. The van der Waals surface area contributed by atoms with Crippen LogP contribution in [0.2, 0.25) is 0 Å². The van der Waals surface area contributed by atoms with E-state index < -0.39 is 0 Å². The van der Waals surface area contributed by atoms with Gasteiger partial charge in [0.2, 0.25) is 0 Å². The van der Waals surface area contributed by atoms with Crippen LogP contribution in [0.1, 0.15) is 189 Å². The second kappa shape index (κ2) is 17.3. The zero-order chi connectivity index (χ0) is 28.3. The Morgan fingerprint density at radius 3 is 1.85 bits per heavy atom. The summed E-state index contributed by atoms with van der Waals surface area (Å²) in [5.74, 6) is 12.1. The van der Waals surface area contributed by atoms with Crippen LogP contribution in [0.25, 0.3) is 0 Å². The molecule has 4 rings (SSSR count). The third-order valence-electron chi connectivity index (χ3n) is 13.7. The van der Waals surface area contributed by atoms with Gasteiger partial charge in [0.25, 0.3) is 0 Å². The monoisotopic (exact) mass is 554 g/mol. The summed E-state index contributed by atoms with van der Waals surface area (Å²) in [5.41, 5.74) is 0. The molecule has 233 valence electrons. The van der Waals surface area contributed by atoms with E-state index in [1.807, 2.05) is 0 Å². The zero-order valence-corrected chi connectivity index (χ0v) is 28.2. The topological polar surface area (TPSA) is 0 Å². The number of hydrogen-bond acceptors (Lipinski definition) is 0. The third kappa shape index (κ3) is 8.55. The van der Waals surface area contributed by atoms with Crippen molar-refractivity contribution in [3.8, 4) is 0 Å². The Hall–Kier alpha value is 0. The summed E-state index contributed by atoms with van der Waals surface area (Å²) in [6.07, 6.45) is 36.3. The molecule has 0 aromatic heterocycles. The van der Waals surface area contributed by atoms with Gasteiger partial charge in [-0.3, -0.25) is 0 Å². The van der Waals surface area contributed by atoms with Crippen molar-refractivity contribution in [1.29, 1.82) is 0 Å². The van der Waals surface area contributed by atoms with Gasteiger partial charge in [0.15, 0.2) is 0 Å². The van der Waals surface area contributed by atoms with E-state index in [-0.39, 0.29) is 0 Å². The fourth-order valence-electron chi connectivity index (χ4n) is 11.2. The molecule has 7 unspecified atom stereocenters. The Bertz CT molecular complexity index is 647. The molecule has 0 aromatic carbocycles. The van der Waals surface area contributed by atoms with Crippen LogP contribution in [-0.2, 0) is 0 Å². The lowest BCUT2D eigenvalue weighted by atomic mass is 9.53. The molecule has 4 fully saturated rings. The summed E-state index contributed by atoms with van der Waals surface area (Å²) in [7, 11) is 0. The van der Waals surface area contributed by atoms with E-state index in [1.165, 1.54) is 103 Å². The maximum atomic E-state index is 2.69. The van der Waals surface area contributed by atoms with Gasteiger partial charge in [-0.2, -0.15) is 0 Å². The summed E-state index contributed by atoms with van der Waals surface area (Å²) in [6, 6.07) is 0. The third-order valence-corrected chi connectivity index (χ3v) is 13.7. The molecule has 7 atom stereocenters. The fourth-order valence-corrected chi connectivity index (χ4v) is 11.2. The molecule has 0 bridgehead atoms. The number of rotatable bonds is 16. The Kier molecular flexibility index (Phi) is 14.3. The minimum Gasteiger partial charge on any atom is -0.0654 e. The second-order valence-electron chi connectivity index (χ2n) is 15.9. The molecule has 40 heavy (non-hydrogen) atoms. The van der Waals surface area contributed by atoms with Crippen molar-refractivity contribution in [3.05, 3.63) is 5.92 Å². The molecule has 0 amide bonds. The van der Waals surface area contributed by atoms with Crippen molar-refractivity contribution in [1.82, 2.24) is 0 Å². The lowest BCUT2D eigenvalue weighted by Gasteiger charge is -2.52. The molecule has 0 nitrogen and oxygen atoms in total. The molecule has 0 aromatic rings. The predicted octanol–water partition coefficient (Wildman–Crippen LogP) is 13.2. The molecule has 0 aliphatic heterocycles. The fraction of sp³-hybridized carbons (Fsp3) is 0.975. The lowest BCUT2D eigenvalue weighted by molar-refractivity contribution is 0.0488. The van der Waals surface area contributed by atoms with E-state index in [0.29, 0.717) is 0 Å². The van der Waals surface area contributed by atoms with Gasteiger partial charge < -0.3 is 0 Å². The normalized spacial score (nSPS) is 29.9. The van der Waals surface area contributed by atoms with Crippen LogP contribution >= 0.6 is 0 Å². The molecule has 0 spiro atoms. The predicted molar refractivity (Wildman–Crippen MR) is 177 cm³/mol. The van der Waals surface area contributed by atoms with E-state index in [2.05, 4.69) is 40.5 Å². The van der Waals surface area contributed by atoms with Crippen molar-refractivity contribution in [3.63, 3.8) is 0 Å². The van der Waals surface area contributed by atoms with Crippen LogP contribution in [0, 0.1) is 65.1 Å². The second-order valence-corrected chi connectivity index (χ2v) is 15.9. The van der Waals surface area contributed by atoms with Gasteiger partial charge in [0, 0.05) is 0 Å². The summed E-state index contributed by atoms with van der Waals surface area (Å²) in [6.45, 7) is 12.6. The van der Waals surface area contributed by atoms with Crippen molar-refractivity contribution in [2.45, 2.75) is 189 Å². The molecule has 0 saturated heterocycles. The quantitative estimate of drug-likeness (QED) is 0.178. The molecule has 4 aliphatic rings. The Morgan fingerprint density at radius 2 is 1.23 bits per heavy atom. The first-order valence-corrected chi connectivity index (χ1v) is 19.4.